The average molecular weight is 496 g/mol. The molecule has 2 unspecified atom stereocenters. The Morgan fingerprint density at radius 2 is 1.97 bits per heavy atom. The summed E-state index contributed by atoms with van der Waals surface area (Å²) in [5.41, 5.74) is 1.82. The molecule has 1 amide bonds. The Bertz CT molecular complexity index is 1190. The van der Waals surface area contributed by atoms with Gasteiger partial charge in [0.2, 0.25) is 5.82 Å². The predicted octanol–water partition coefficient (Wildman–Crippen LogP) is 1.25. The third-order valence-electron chi connectivity index (χ3n) is 4.76. The quantitative estimate of drug-likeness (QED) is 0.373. The van der Waals surface area contributed by atoms with Crippen LogP contribution < -0.4 is 4.90 Å². The van der Waals surface area contributed by atoms with Gasteiger partial charge in [0.1, 0.15) is 17.6 Å². The van der Waals surface area contributed by atoms with E-state index in [1.165, 1.54) is 22.0 Å². The van der Waals surface area contributed by atoms with Gasteiger partial charge in [-0.3, -0.25) is 9.88 Å². The minimum atomic E-state index is -4.64. The summed E-state index contributed by atoms with van der Waals surface area (Å²) in [5, 5.41) is 21.6. The molecular weight excluding hydrogens is 474 g/mol. The van der Waals surface area contributed by atoms with Crippen molar-refractivity contribution < 1.29 is 38.3 Å². The van der Waals surface area contributed by atoms with E-state index in [-0.39, 0.29) is 6.54 Å². The topological polar surface area (TPSA) is 184 Å². The summed E-state index contributed by atoms with van der Waals surface area (Å²) >= 11 is 0. The maximum atomic E-state index is 14.8. The van der Waals surface area contributed by atoms with Gasteiger partial charge in [-0.25, -0.2) is 13.8 Å². The zero-order chi connectivity index (χ0) is 25.0. The number of carbonyl (C=O) groups is 1. The Hall–Kier alpha value is -3.29. The molecule has 1 saturated heterocycles. The standard InChI is InChI=1S/C19H19FN6O3.H3O4P/c1-3-16(27)17-10-26(19(28)29-17)12-5-6-13(14(20)8-12)11-4-7-15(21-9-11)18-22-24-25(2)23-18;1-5(2,3)4/h4-9,16-17,27H,3,10H2,1-2H3;(H3,1,2,3,4). The normalized spacial score (nSPS) is 16.6. The lowest BCUT2D eigenvalue weighted by Gasteiger charge is -2.16. The molecule has 2 atom stereocenters. The number of phosphoric acid groups is 1. The summed E-state index contributed by atoms with van der Waals surface area (Å²) in [5.74, 6) is -0.117. The molecule has 1 fully saturated rings. The molecular formula is C19H22FN6O7P. The van der Waals surface area contributed by atoms with Gasteiger partial charge in [0.25, 0.3) is 0 Å². The Morgan fingerprint density at radius 1 is 1.26 bits per heavy atom. The van der Waals surface area contributed by atoms with E-state index in [9.17, 15) is 14.3 Å². The lowest BCUT2D eigenvalue weighted by Crippen LogP contribution is -2.30. The molecule has 0 saturated carbocycles. The highest BCUT2D eigenvalue weighted by atomic mass is 31.2. The molecule has 2 aromatic heterocycles. The van der Waals surface area contributed by atoms with E-state index >= 15 is 0 Å². The van der Waals surface area contributed by atoms with Crippen molar-refractivity contribution in [2.45, 2.75) is 25.6 Å². The first-order valence-corrected chi connectivity index (χ1v) is 11.5. The number of cyclic esters (lactones) is 1. The predicted molar refractivity (Wildman–Crippen MR) is 116 cm³/mol. The molecule has 0 bridgehead atoms. The van der Waals surface area contributed by atoms with Gasteiger partial charge in [0.15, 0.2) is 0 Å². The Labute approximate surface area is 192 Å². The van der Waals surface area contributed by atoms with Crippen molar-refractivity contribution >= 4 is 19.6 Å². The molecule has 0 aliphatic carbocycles. The van der Waals surface area contributed by atoms with Crippen molar-refractivity contribution in [3.63, 3.8) is 0 Å². The van der Waals surface area contributed by atoms with Crippen LogP contribution in [0.2, 0.25) is 0 Å². The third kappa shape index (κ3) is 6.40. The van der Waals surface area contributed by atoms with E-state index in [2.05, 4.69) is 20.4 Å². The van der Waals surface area contributed by atoms with Gasteiger partial charge in [-0.05, 0) is 35.9 Å². The second-order valence-corrected chi connectivity index (χ2v) is 8.25. The minimum Gasteiger partial charge on any atom is -0.441 e. The van der Waals surface area contributed by atoms with Crippen molar-refractivity contribution in [3.8, 4) is 22.6 Å². The Kier molecular flexibility index (Phi) is 7.69. The number of rotatable bonds is 5. The molecule has 13 nitrogen and oxygen atoms in total. The lowest BCUT2D eigenvalue weighted by atomic mass is 10.1. The molecule has 4 N–H and O–H groups in total. The highest BCUT2D eigenvalue weighted by Crippen LogP contribution is 2.30. The summed E-state index contributed by atoms with van der Waals surface area (Å²) in [6, 6.07) is 7.90. The fourth-order valence-electron chi connectivity index (χ4n) is 3.14. The van der Waals surface area contributed by atoms with Crippen LogP contribution in [-0.2, 0) is 16.3 Å². The number of carbonyl (C=O) groups excluding carboxylic acids is 1. The van der Waals surface area contributed by atoms with Crippen LogP contribution >= 0.6 is 7.82 Å². The number of hydrogen-bond donors (Lipinski definition) is 4. The van der Waals surface area contributed by atoms with E-state index in [0.29, 0.717) is 34.8 Å². The fourth-order valence-corrected chi connectivity index (χ4v) is 3.14. The summed E-state index contributed by atoms with van der Waals surface area (Å²) in [6.07, 6.45) is 0.0218. The SMILES string of the molecule is CCC(O)C1CN(c2ccc(-c3ccc(-c4nnn(C)n4)nc3)c(F)c2)C(=O)O1.O=P(O)(O)O. The van der Waals surface area contributed by atoms with Crippen LogP contribution in [-0.4, -0.2) is 69.8 Å². The summed E-state index contributed by atoms with van der Waals surface area (Å²) < 4.78 is 28.8. The second-order valence-electron chi connectivity index (χ2n) is 7.22. The van der Waals surface area contributed by atoms with Crippen LogP contribution in [0, 0.1) is 5.82 Å². The minimum absolute atomic E-state index is 0.175. The van der Waals surface area contributed by atoms with Crippen molar-refractivity contribution in [1.82, 2.24) is 25.2 Å². The van der Waals surface area contributed by atoms with Gasteiger partial charge >= 0.3 is 13.9 Å². The second kappa shape index (κ2) is 10.3. The largest absolute Gasteiger partial charge is 0.466 e. The molecule has 3 aromatic rings. The van der Waals surface area contributed by atoms with Crippen molar-refractivity contribution in [2.24, 2.45) is 7.05 Å². The van der Waals surface area contributed by atoms with Crippen LogP contribution in [0.4, 0.5) is 14.9 Å². The van der Waals surface area contributed by atoms with Gasteiger partial charge in [0.05, 0.1) is 25.4 Å². The van der Waals surface area contributed by atoms with E-state index in [1.807, 2.05) is 0 Å². The fraction of sp³-hybridized carbons (Fsp3) is 0.316. The molecule has 15 heteroatoms. The highest BCUT2D eigenvalue weighted by molar-refractivity contribution is 7.45. The number of aliphatic hydroxyl groups is 1. The molecule has 1 aliphatic heterocycles. The average Bonchev–Trinajstić information content (AvgIpc) is 3.38. The number of benzene rings is 1. The zero-order valence-corrected chi connectivity index (χ0v) is 18.9. The smallest absolute Gasteiger partial charge is 0.441 e. The van der Waals surface area contributed by atoms with Gasteiger partial charge < -0.3 is 24.5 Å². The van der Waals surface area contributed by atoms with Crippen LogP contribution in [0.5, 0.6) is 0 Å². The third-order valence-corrected chi connectivity index (χ3v) is 4.76. The monoisotopic (exact) mass is 496 g/mol. The van der Waals surface area contributed by atoms with Crippen molar-refractivity contribution in [1.29, 1.82) is 0 Å². The molecule has 1 aliphatic rings. The van der Waals surface area contributed by atoms with Crippen molar-refractivity contribution in [3.05, 3.63) is 42.3 Å². The molecule has 1 aromatic carbocycles. The Balaban J connectivity index is 0.000000588. The number of hydrogen-bond acceptors (Lipinski definition) is 8. The van der Waals surface area contributed by atoms with Crippen LogP contribution in [0.25, 0.3) is 22.6 Å². The van der Waals surface area contributed by atoms with E-state index in [4.69, 9.17) is 24.0 Å². The number of halogens is 1. The number of aliphatic hydroxyl groups excluding tert-OH is 1. The first kappa shape index (κ1) is 25.3. The summed E-state index contributed by atoms with van der Waals surface area (Å²) in [7, 11) is -2.98. The van der Waals surface area contributed by atoms with E-state index in [0.717, 1.165) is 0 Å². The first-order chi connectivity index (χ1) is 16.0. The number of tetrazole rings is 1. The van der Waals surface area contributed by atoms with E-state index in [1.54, 1.807) is 38.2 Å². The molecule has 182 valence electrons. The highest BCUT2D eigenvalue weighted by Gasteiger charge is 2.36. The molecule has 34 heavy (non-hydrogen) atoms. The summed E-state index contributed by atoms with van der Waals surface area (Å²) in [4.78, 5) is 40.6. The van der Waals surface area contributed by atoms with Crippen LogP contribution in [0.3, 0.4) is 0 Å². The first-order valence-electron chi connectivity index (χ1n) is 9.91. The number of aryl methyl sites for hydroxylation is 1. The number of nitrogens with zero attached hydrogens (tertiary/aromatic N) is 6. The summed E-state index contributed by atoms with van der Waals surface area (Å²) in [6.45, 7) is 1.98. The molecule has 3 heterocycles. The number of ether oxygens (including phenoxy) is 1. The number of pyridine rings is 1. The van der Waals surface area contributed by atoms with Gasteiger partial charge in [-0.1, -0.05) is 13.0 Å². The zero-order valence-electron chi connectivity index (χ0n) is 18.1. The number of amides is 1. The van der Waals surface area contributed by atoms with Crippen LogP contribution in [0.15, 0.2) is 36.5 Å². The molecule has 0 spiro atoms. The maximum absolute atomic E-state index is 14.8. The van der Waals surface area contributed by atoms with Gasteiger partial charge in [-0.15, -0.1) is 10.2 Å². The molecule has 4 rings (SSSR count). The van der Waals surface area contributed by atoms with Crippen LogP contribution in [0.1, 0.15) is 13.3 Å². The van der Waals surface area contributed by atoms with Gasteiger partial charge in [0, 0.05) is 17.3 Å². The van der Waals surface area contributed by atoms with Gasteiger partial charge in [-0.2, -0.15) is 4.80 Å². The number of aromatic nitrogens is 5. The maximum Gasteiger partial charge on any atom is 0.466 e. The lowest BCUT2D eigenvalue weighted by molar-refractivity contribution is 0.0308. The van der Waals surface area contributed by atoms with Crippen molar-refractivity contribution in [2.75, 3.05) is 11.4 Å². The van der Waals surface area contributed by atoms with E-state index < -0.39 is 31.9 Å². The number of anilines is 1. The molecule has 0 radical (unpaired) electrons. The Morgan fingerprint density at radius 3 is 2.50 bits per heavy atom.